The molecule has 0 bridgehead atoms. The number of carbonyl (C=O) groups excluding carboxylic acids is 1. The Labute approximate surface area is 163 Å². The number of nitriles is 1. The van der Waals surface area contributed by atoms with Gasteiger partial charge in [-0.3, -0.25) is 9.69 Å². The maximum atomic E-state index is 12.9. The second kappa shape index (κ2) is 9.25. The minimum Gasteiger partial charge on any atom is -0.371 e. The van der Waals surface area contributed by atoms with Crippen LogP contribution in [0.25, 0.3) is 0 Å². The molecule has 0 spiro atoms. The molecule has 6 heteroatoms. The number of carbonyl (C=O) groups is 1. The predicted octanol–water partition coefficient (Wildman–Crippen LogP) is 2.75. The molecule has 1 atom stereocenters. The van der Waals surface area contributed by atoms with Gasteiger partial charge in [-0.05, 0) is 51.0 Å². The highest BCUT2D eigenvalue weighted by Gasteiger charge is 2.32. The van der Waals surface area contributed by atoms with Crippen molar-refractivity contribution in [3.05, 3.63) is 29.8 Å². The molecule has 2 saturated heterocycles. The third-order valence-electron chi connectivity index (χ3n) is 5.47. The standard InChI is InChI=1S/C20H28N4O.ClH/c1-16(2)22-9-3-10-23(13-12-22)20(25)18-8-11-24(15-18)19-6-4-17(14-21)5-7-19;/h4-7,16,18H,3,8-13,15H2,1-2H3;1H/t18-;/m0./s1. The Bertz CT molecular complexity index is 640. The first-order valence-corrected chi connectivity index (χ1v) is 9.36. The average molecular weight is 377 g/mol. The third kappa shape index (κ3) is 4.69. The topological polar surface area (TPSA) is 50.6 Å². The van der Waals surface area contributed by atoms with Crippen LogP contribution in [0.2, 0.25) is 0 Å². The summed E-state index contributed by atoms with van der Waals surface area (Å²) in [6.07, 6.45) is 1.99. The van der Waals surface area contributed by atoms with Crippen LogP contribution in [0.15, 0.2) is 24.3 Å². The highest BCUT2D eigenvalue weighted by atomic mass is 35.5. The van der Waals surface area contributed by atoms with E-state index in [1.807, 2.05) is 24.3 Å². The number of hydrogen-bond acceptors (Lipinski definition) is 4. The summed E-state index contributed by atoms with van der Waals surface area (Å²) in [5.41, 5.74) is 1.78. The van der Waals surface area contributed by atoms with Gasteiger partial charge in [0.2, 0.25) is 5.91 Å². The van der Waals surface area contributed by atoms with Gasteiger partial charge in [0.05, 0.1) is 17.6 Å². The van der Waals surface area contributed by atoms with Crippen molar-refractivity contribution in [1.82, 2.24) is 9.80 Å². The van der Waals surface area contributed by atoms with Gasteiger partial charge < -0.3 is 9.80 Å². The van der Waals surface area contributed by atoms with E-state index in [1.165, 1.54) is 0 Å². The van der Waals surface area contributed by atoms with E-state index < -0.39 is 0 Å². The monoisotopic (exact) mass is 376 g/mol. The first-order valence-electron chi connectivity index (χ1n) is 9.36. The fourth-order valence-corrected chi connectivity index (χ4v) is 3.88. The van der Waals surface area contributed by atoms with E-state index in [4.69, 9.17) is 5.26 Å². The third-order valence-corrected chi connectivity index (χ3v) is 5.47. The summed E-state index contributed by atoms with van der Waals surface area (Å²) in [5, 5.41) is 8.91. The molecular formula is C20H29ClN4O. The molecule has 26 heavy (non-hydrogen) atoms. The van der Waals surface area contributed by atoms with E-state index in [0.29, 0.717) is 17.5 Å². The lowest BCUT2D eigenvalue weighted by Gasteiger charge is -2.26. The summed E-state index contributed by atoms with van der Waals surface area (Å²) in [5.74, 6) is 0.419. The molecule has 0 radical (unpaired) electrons. The van der Waals surface area contributed by atoms with Gasteiger partial charge >= 0.3 is 0 Å². The number of nitrogens with zero attached hydrogens (tertiary/aromatic N) is 4. The maximum absolute atomic E-state index is 12.9. The van der Waals surface area contributed by atoms with Crippen molar-refractivity contribution < 1.29 is 4.79 Å². The zero-order chi connectivity index (χ0) is 17.8. The molecule has 1 aromatic rings. The van der Waals surface area contributed by atoms with Crippen LogP contribution in [0.4, 0.5) is 5.69 Å². The number of anilines is 1. The molecule has 1 amide bonds. The normalized spacial score (nSPS) is 21.2. The van der Waals surface area contributed by atoms with Crippen molar-refractivity contribution in [2.45, 2.75) is 32.7 Å². The molecule has 2 heterocycles. The molecule has 0 unspecified atom stereocenters. The molecule has 5 nitrogen and oxygen atoms in total. The first kappa shape index (κ1) is 20.5. The lowest BCUT2D eigenvalue weighted by Crippen LogP contribution is -2.40. The summed E-state index contributed by atoms with van der Waals surface area (Å²) in [4.78, 5) is 19.8. The van der Waals surface area contributed by atoms with Crippen LogP contribution in [0.1, 0.15) is 32.3 Å². The smallest absolute Gasteiger partial charge is 0.227 e. The molecule has 0 aliphatic carbocycles. The van der Waals surface area contributed by atoms with Crippen LogP contribution in [-0.4, -0.2) is 61.0 Å². The van der Waals surface area contributed by atoms with E-state index in [2.05, 4.69) is 34.6 Å². The number of benzene rings is 1. The molecule has 2 fully saturated rings. The highest BCUT2D eigenvalue weighted by molar-refractivity contribution is 5.85. The summed E-state index contributed by atoms with van der Waals surface area (Å²) in [6.45, 7) is 9.95. The van der Waals surface area contributed by atoms with E-state index in [0.717, 1.165) is 57.8 Å². The Morgan fingerprint density at radius 2 is 1.85 bits per heavy atom. The Hall–Kier alpha value is -1.77. The predicted molar refractivity (Wildman–Crippen MR) is 107 cm³/mol. The average Bonchev–Trinajstić information content (AvgIpc) is 2.98. The lowest BCUT2D eigenvalue weighted by molar-refractivity contribution is -0.134. The minimum atomic E-state index is 0. The van der Waals surface area contributed by atoms with E-state index in [-0.39, 0.29) is 18.3 Å². The van der Waals surface area contributed by atoms with Crippen molar-refractivity contribution in [2.24, 2.45) is 5.92 Å². The summed E-state index contributed by atoms with van der Waals surface area (Å²) >= 11 is 0. The van der Waals surface area contributed by atoms with Crippen molar-refractivity contribution in [3.63, 3.8) is 0 Å². The molecule has 2 aliphatic heterocycles. The number of halogens is 1. The minimum absolute atomic E-state index is 0. The van der Waals surface area contributed by atoms with Gasteiger partial charge in [0.25, 0.3) is 0 Å². The molecule has 3 rings (SSSR count). The Morgan fingerprint density at radius 3 is 2.50 bits per heavy atom. The van der Waals surface area contributed by atoms with E-state index in [1.54, 1.807) is 0 Å². The van der Waals surface area contributed by atoms with Crippen LogP contribution < -0.4 is 4.90 Å². The van der Waals surface area contributed by atoms with Crippen molar-refractivity contribution in [3.8, 4) is 6.07 Å². The highest BCUT2D eigenvalue weighted by Crippen LogP contribution is 2.26. The van der Waals surface area contributed by atoms with Crippen LogP contribution in [0.5, 0.6) is 0 Å². The van der Waals surface area contributed by atoms with Crippen LogP contribution in [0, 0.1) is 17.2 Å². The molecule has 0 saturated carbocycles. The Balaban J connectivity index is 0.00000243. The van der Waals surface area contributed by atoms with Gasteiger partial charge in [-0.1, -0.05) is 0 Å². The lowest BCUT2D eigenvalue weighted by atomic mass is 10.1. The van der Waals surface area contributed by atoms with Gasteiger partial charge in [-0.15, -0.1) is 12.4 Å². The molecule has 1 aromatic carbocycles. The zero-order valence-corrected chi connectivity index (χ0v) is 16.5. The van der Waals surface area contributed by atoms with Crippen molar-refractivity contribution >= 4 is 24.0 Å². The van der Waals surface area contributed by atoms with Gasteiger partial charge in [0.1, 0.15) is 0 Å². The SMILES string of the molecule is CC(C)N1CCCN(C(=O)[C@H]2CCN(c3ccc(C#N)cc3)C2)CC1.Cl. The van der Waals surface area contributed by atoms with Gasteiger partial charge in [-0.25, -0.2) is 0 Å². The van der Waals surface area contributed by atoms with Crippen LogP contribution in [0.3, 0.4) is 0 Å². The second-order valence-corrected chi connectivity index (χ2v) is 7.40. The Morgan fingerprint density at radius 1 is 1.12 bits per heavy atom. The maximum Gasteiger partial charge on any atom is 0.227 e. The largest absolute Gasteiger partial charge is 0.371 e. The second-order valence-electron chi connectivity index (χ2n) is 7.40. The zero-order valence-electron chi connectivity index (χ0n) is 15.7. The summed E-state index contributed by atoms with van der Waals surface area (Å²) < 4.78 is 0. The summed E-state index contributed by atoms with van der Waals surface area (Å²) in [7, 11) is 0. The quantitative estimate of drug-likeness (QED) is 0.813. The van der Waals surface area contributed by atoms with E-state index in [9.17, 15) is 4.79 Å². The van der Waals surface area contributed by atoms with Crippen molar-refractivity contribution in [1.29, 1.82) is 5.26 Å². The van der Waals surface area contributed by atoms with Gasteiger partial charge in [-0.2, -0.15) is 5.26 Å². The van der Waals surface area contributed by atoms with Crippen LogP contribution >= 0.6 is 12.4 Å². The van der Waals surface area contributed by atoms with Gasteiger partial charge in [0.15, 0.2) is 0 Å². The molecule has 142 valence electrons. The summed E-state index contributed by atoms with van der Waals surface area (Å²) in [6, 6.07) is 10.4. The van der Waals surface area contributed by atoms with Crippen molar-refractivity contribution in [2.75, 3.05) is 44.2 Å². The molecule has 0 aromatic heterocycles. The Kier molecular flexibility index (Phi) is 7.31. The van der Waals surface area contributed by atoms with Crippen LogP contribution in [-0.2, 0) is 4.79 Å². The number of amides is 1. The molecule has 2 aliphatic rings. The molecule has 0 N–H and O–H groups in total. The fraction of sp³-hybridized carbons (Fsp3) is 0.600. The fourth-order valence-electron chi connectivity index (χ4n) is 3.88. The number of rotatable bonds is 3. The van der Waals surface area contributed by atoms with E-state index >= 15 is 0 Å². The first-order chi connectivity index (χ1) is 12.1. The molecular weight excluding hydrogens is 348 g/mol. The number of hydrogen-bond donors (Lipinski definition) is 0. The van der Waals surface area contributed by atoms with Gasteiger partial charge in [0, 0.05) is 51.0 Å².